The molecule has 1 unspecified atom stereocenters. The van der Waals surface area contributed by atoms with Crippen LogP contribution in [0.4, 0.5) is 0 Å². The molecule has 0 aliphatic carbocycles. The van der Waals surface area contributed by atoms with Crippen molar-refractivity contribution in [3.63, 3.8) is 0 Å². The van der Waals surface area contributed by atoms with Crippen LogP contribution in [0.1, 0.15) is 28.1 Å². The Morgan fingerprint density at radius 3 is 2.60 bits per heavy atom. The molecule has 0 amide bonds. The van der Waals surface area contributed by atoms with E-state index in [1.165, 1.54) is 11.3 Å². The standard InChI is InChI=1S/C17H20N2O3S3/c1-10(8-14-6-5-7-22-14)19-25(20,21)16-9-15(23-13(16)4)17-18-11(2)12(3)24-17/h5-7,9-10,19H,8H2,1-4H3. The number of sulfonamides is 1. The lowest BCUT2D eigenvalue weighted by molar-refractivity contribution is 0.479. The lowest BCUT2D eigenvalue weighted by atomic mass is 10.2. The fraction of sp³-hybridized carbons (Fsp3) is 0.353. The molecule has 0 fully saturated rings. The quantitative estimate of drug-likeness (QED) is 0.674. The van der Waals surface area contributed by atoms with Crippen LogP contribution in [0.25, 0.3) is 9.88 Å². The van der Waals surface area contributed by atoms with Gasteiger partial charge < -0.3 is 4.42 Å². The smallest absolute Gasteiger partial charge is 0.241 e. The van der Waals surface area contributed by atoms with Gasteiger partial charge in [-0.2, -0.15) is 0 Å². The van der Waals surface area contributed by atoms with E-state index in [1.807, 2.05) is 33.8 Å². The number of furan rings is 1. The van der Waals surface area contributed by atoms with Gasteiger partial charge in [0.1, 0.15) is 10.8 Å². The van der Waals surface area contributed by atoms with Crippen molar-refractivity contribution < 1.29 is 12.8 Å². The van der Waals surface area contributed by atoms with Crippen molar-refractivity contribution in [2.24, 2.45) is 0 Å². The number of nitrogens with one attached hydrogen (secondary N) is 1. The van der Waals surface area contributed by atoms with E-state index in [4.69, 9.17) is 4.42 Å². The normalized spacial score (nSPS) is 13.3. The average Bonchev–Trinajstić information content (AvgIpc) is 3.21. The summed E-state index contributed by atoms with van der Waals surface area (Å²) in [6.45, 7) is 7.64. The van der Waals surface area contributed by atoms with Gasteiger partial charge in [0.05, 0.1) is 21.7 Å². The first kappa shape index (κ1) is 18.3. The summed E-state index contributed by atoms with van der Waals surface area (Å²) in [5.74, 6) is 0.756. The van der Waals surface area contributed by atoms with Gasteiger partial charge in [-0.05, 0) is 45.9 Å². The minimum absolute atomic E-state index is 0.261. The number of aromatic nitrogens is 1. The molecule has 0 spiro atoms. The summed E-state index contributed by atoms with van der Waals surface area (Å²) in [5.41, 5.74) is 0.987. The van der Waals surface area contributed by atoms with Gasteiger partial charge >= 0.3 is 0 Å². The third-order valence-electron chi connectivity index (χ3n) is 3.84. The predicted octanol–water partition coefficient (Wildman–Crippen LogP) is 4.30. The zero-order valence-corrected chi connectivity index (χ0v) is 16.9. The Balaban J connectivity index is 1.82. The summed E-state index contributed by atoms with van der Waals surface area (Å²) in [6.07, 6.45) is 2.09. The highest BCUT2D eigenvalue weighted by atomic mass is 32.2. The summed E-state index contributed by atoms with van der Waals surface area (Å²) < 4.78 is 33.5. The number of nitrogens with zero attached hydrogens (tertiary/aromatic N) is 1. The maximum Gasteiger partial charge on any atom is 0.241 e. The zero-order chi connectivity index (χ0) is 18.2. The topological polar surface area (TPSA) is 72.2 Å². The number of thiophene rings is 1. The van der Waals surface area contributed by atoms with Crippen molar-refractivity contribution in [2.45, 2.75) is 45.1 Å². The first-order valence-corrected chi connectivity index (χ1v) is 11.0. The Morgan fingerprint density at radius 1 is 1.24 bits per heavy atom. The number of thiazole rings is 1. The minimum Gasteiger partial charge on any atom is -0.469 e. The second-order valence-electron chi connectivity index (χ2n) is 6.00. The van der Waals surface area contributed by atoms with Gasteiger partial charge in [0.25, 0.3) is 0 Å². The molecule has 1 N–H and O–H groups in total. The Kier molecular flexibility index (Phi) is 5.15. The molecular weight excluding hydrogens is 376 g/mol. The second kappa shape index (κ2) is 7.03. The number of aryl methyl sites for hydroxylation is 3. The van der Waals surface area contributed by atoms with Gasteiger partial charge in [-0.15, -0.1) is 22.7 Å². The lowest BCUT2D eigenvalue weighted by Gasteiger charge is -2.12. The van der Waals surface area contributed by atoms with Crippen LogP contribution >= 0.6 is 22.7 Å². The molecular formula is C17H20N2O3S3. The number of rotatable bonds is 6. The van der Waals surface area contributed by atoms with Gasteiger partial charge in [0.2, 0.25) is 10.0 Å². The number of hydrogen-bond donors (Lipinski definition) is 1. The molecule has 5 nitrogen and oxygen atoms in total. The molecule has 0 bridgehead atoms. The summed E-state index contributed by atoms with van der Waals surface area (Å²) in [4.78, 5) is 7.65. The Hall–Kier alpha value is -1.48. The number of hydrogen-bond acceptors (Lipinski definition) is 6. The van der Waals surface area contributed by atoms with E-state index in [2.05, 4.69) is 9.71 Å². The van der Waals surface area contributed by atoms with Crippen LogP contribution in [-0.4, -0.2) is 19.4 Å². The maximum absolute atomic E-state index is 12.8. The van der Waals surface area contributed by atoms with Gasteiger partial charge in [-0.1, -0.05) is 0 Å². The highest BCUT2D eigenvalue weighted by Gasteiger charge is 2.24. The highest BCUT2D eigenvalue weighted by Crippen LogP contribution is 2.36. The predicted molar refractivity (Wildman–Crippen MR) is 102 cm³/mol. The van der Waals surface area contributed by atoms with Crippen LogP contribution in [0.3, 0.4) is 0 Å². The molecule has 0 saturated carbocycles. The molecule has 3 heterocycles. The van der Waals surface area contributed by atoms with Gasteiger partial charge in [0, 0.05) is 22.2 Å². The van der Waals surface area contributed by atoms with Gasteiger partial charge in [0.15, 0.2) is 0 Å². The fourth-order valence-electron chi connectivity index (χ4n) is 2.52. The van der Waals surface area contributed by atoms with Crippen LogP contribution < -0.4 is 4.72 Å². The molecule has 8 heteroatoms. The van der Waals surface area contributed by atoms with E-state index < -0.39 is 10.0 Å². The molecule has 25 heavy (non-hydrogen) atoms. The maximum atomic E-state index is 12.8. The summed E-state index contributed by atoms with van der Waals surface area (Å²) in [5, 5.41) is 0.869. The van der Waals surface area contributed by atoms with E-state index in [1.54, 1.807) is 29.7 Å². The van der Waals surface area contributed by atoms with Crippen LogP contribution in [-0.2, 0) is 16.4 Å². The Bertz CT molecular complexity index is 950. The lowest BCUT2D eigenvalue weighted by Crippen LogP contribution is -2.34. The Labute approximate surface area is 155 Å². The van der Waals surface area contributed by atoms with E-state index in [0.29, 0.717) is 11.3 Å². The van der Waals surface area contributed by atoms with Crippen LogP contribution in [0.15, 0.2) is 33.8 Å². The molecule has 0 saturated heterocycles. The second-order valence-corrected chi connectivity index (χ2v) is 10.1. The van der Waals surface area contributed by atoms with Crippen molar-refractivity contribution >= 4 is 32.7 Å². The van der Waals surface area contributed by atoms with Gasteiger partial charge in [-0.3, -0.25) is 0 Å². The van der Waals surface area contributed by atoms with Crippen molar-refractivity contribution in [2.75, 3.05) is 0 Å². The van der Waals surface area contributed by atoms with E-state index >= 15 is 0 Å². The molecule has 0 radical (unpaired) electrons. The first-order valence-electron chi connectivity index (χ1n) is 7.86. The molecule has 3 aromatic heterocycles. The van der Waals surface area contributed by atoms with Crippen molar-refractivity contribution in [3.8, 4) is 9.88 Å². The highest BCUT2D eigenvalue weighted by molar-refractivity contribution is 7.89. The summed E-state index contributed by atoms with van der Waals surface area (Å²) in [7, 11) is -3.59. The van der Waals surface area contributed by atoms with E-state index in [0.717, 1.165) is 31.1 Å². The molecule has 0 aliphatic heterocycles. The molecule has 134 valence electrons. The van der Waals surface area contributed by atoms with E-state index in [9.17, 15) is 8.42 Å². The molecule has 0 aromatic carbocycles. The summed E-state index contributed by atoms with van der Waals surface area (Å²) in [6, 6.07) is 5.10. The zero-order valence-electron chi connectivity index (χ0n) is 14.5. The van der Waals surface area contributed by atoms with Crippen molar-refractivity contribution in [3.05, 3.63) is 45.7 Å². The largest absolute Gasteiger partial charge is 0.469 e. The fourth-order valence-corrected chi connectivity index (χ4v) is 6.31. The van der Waals surface area contributed by atoms with Crippen LogP contribution in [0.2, 0.25) is 0 Å². The molecule has 3 aromatic rings. The Morgan fingerprint density at radius 2 is 2.00 bits per heavy atom. The molecule has 3 rings (SSSR count). The minimum atomic E-state index is -3.59. The van der Waals surface area contributed by atoms with Crippen LogP contribution in [0, 0.1) is 20.8 Å². The van der Waals surface area contributed by atoms with Crippen molar-refractivity contribution in [1.29, 1.82) is 0 Å². The monoisotopic (exact) mass is 396 g/mol. The molecule has 0 aliphatic rings. The van der Waals surface area contributed by atoms with Gasteiger partial charge in [-0.25, -0.2) is 18.1 Å². The molecule has 1 atom stereocenters. The SMILES string of the molecule is Cc1nc(-c2cc(S(=O)(=O)NC(C)Cc3ccco3)c(C)s2)sc1C. The summed E-state index contributed by atoms with van der Waals surface area (Å²) >= 11 is 3.05. The van der Waals surface area contributed by atoms with Crippen LogP contribution in [0.5, 0.6) is 0 Å². The average molecular weight is 397 g/mol. The van der Waals surface area contributed by atoms with Crippen molar-refractivity contribution in [1.82, 2.24) is 9.71 Å². The third kappa shape index (κ3) is 4.03. The first-order chi connectivity index (χ1) is 11.8. The van der Waals surface area contributed by atoms with E-state index in [-0.39, 0.29) is 6.04 Å². The third-order valence-corrected chi connectivity index (χ3v) is 7.98.